The lowest BCUT2D eigenvalue weighted by Crippen LogP contribution is -2.22. The number of carbonyl (C=O) groups excluding carboxylic acids is 2. The molecular weight excluding hydrogens is 421 g/mol. The van der Waals surface area contributed by atoms with Gasteiger partial charge in [0.05, 0.1) is 21.9 Å². The molecule has 1 amide bonds. The summed E-state index contributed by atoms with van der Waals surface area (Å²) in [6.45, 7) is 1.11. The van der Waals surface area contributed by atoms with Crippen molar-refractivity contribution in [1.29, 1.82) is 0 Å². The van der Waals surface area contributed by atoms with Gasteiger partial charge < -0.3 is 15.0 Å². The van der Waals surface area contributed by atoms with Gasteiger partial charge in [-0.25, -0.2) is 13.9 Å². The predicted octanol–water partition coefficient (Wildman–Crippen LogP) is 3.09. The number of amides is 1. The second-order valence-electron chi connectivity index (χ2n) is 7.04. The van der Waals surface area contributed by atoms with E-state index in [1.165, 1.54) is 41.1 Å². The summed E-state index contributed by atoms with van der Waals surface area (Å²) in [7, 11) is 3.28. The Morgan fingerprint density at radius 2 is 1.88 bits per heavy atom. The first-order valence-corrected chi connectivity index (χ1v) is 9.41. The van der Waals surface area contributed by atoms with Crippen molar-refractivity contribution >= 4 is 29.1 Å². The molecule has 0 aliphatic carbocycles. The normalized spacial score (nSPS) is 10.5. The maximum atomic E-state index is 13.2. The van der Waals surface area contributed by atoms with E-state index in [0.717, 1.165) is 6.07 Å². The molecule has 0 radical (unpaired) electrons. The molecule has 166 valence electrons. The Hall–Kier alpha value is -4.28. The van der Waals surface area contributed by atoms with Crippen LogP contribution >= 0.6 is 0 Å². The van der Waals surface area contributed by atoms with E-state index in [4.69, 9.17) is 4.74 Å². The van der Waals surface area contributed by atoms with Crippen molar-refractivity contribution in [3.63, 3.8) is 0 Å². The zero-order chi connectivity index (χ0) is 23.4. The molecule has 2 aromatic carbocycles. The fraction of sp³-hybridized carbons (Fsp3) is 0.190. The van der Waals surface area contributed by atoms with Gasteiger partial charge in [-0.15, -0.1) is 0 Å². The van der Waals surface area contributed by atoms with Gasteiger partial charge in [0.1, 0.15) is 17.3 Å². The average molecular weight is 441 g/mol. The van der Waals surface area contributed by atoms with Crippen LogP contribution in [-0.2, 0) is 9.53 Å². The molecule has 0 unspecified atom stereocenters. The number of benzene rings is 2. The van der Waals surface area contributed by atoms with Gasteiger partial charge in [0, 0.05) is 26.2 Å². The summed E-state index contributed by atoms with van der Waals surface area (Å²) in [5.41, 5.74) is 1.15. The fourth-order valence-electron chi connectivity index (χ4n) is 2.94. The highest BCUT2D eigenvalue weighted by molar-refractivity contribution is 5.96. The van der Waals surface area contributed by atoms with Crippen molar-refractivity contribution in [3.05, 3.63) is 75.7 Å². The number of esters is 1. The Morgan fingerprint density at radius 1 is 1.19 bits per heavy atom. The largest absolute Gasteiger partial charge is 0.452 e. The van der Waals surface area contributed by atoms with Crippen LogP contribution in [0, 0.1) is 22.9 Å². The summed E-state index contributed by atoms with van der Waals surface area (Å²) in [5.74, 6) is -1.62. The van der Waals surface area contributed by atoms with Crippen LogP contribution in [0.3, 0.4) is 0 Å². The molecular formula is C21H20FN5O5. The van der Waals surface area contributed by atoms with Gasteiger partial charge in [0.15, 0.2) is 6.61 Å². The number of nitrogens with zero attached hydrogens (tertiary/aromatic N) is 4. The zero-order valence-electron chi connectivity index (χ0n) is 17.5. The van der Waals surface area contributed by atoms with Crippen LogP contribution in [-0.4, -0.2) is 47.3 Å². The highest BCUT2D eigenvalue weighted by Crippen LogP contribution is 2.28. The Kier molecular flexibility index (Phi) is 6.47. The number of anilines is 2. The van der Waals surface area contributed by atoms with Crippen LogP contribution in [0.4, 0.5) is 21.6 Å². The molecule has 0 atom stereocenters. The van der Waals surface area contributed by atoms with E-state index in [9.17, 15) is 24.1 Å². The number of hydrogen-bond donors (Lipinski definition) is 1. The highest BCUT2D eigenvalue weighted by Gasteiger charge is 2.20. The third kappa shape index (κ3) is 5.06. The Bertz CT molecular complexity index is 1170. The summed E-state index contributed by atoms with van der Waals surface area (Å²) in [4.78, 5) is 36.8. The smallest absolute Gasteiger partial charge is 0.338 e. The summed E-state index contributed by atoms with van der Waals surface area (Å²) >= 11 is 0. The number of nitro benzene ring substituents is 1. The molecule has 0 fully saturated rings. The molecule has 3 rings (SSSR count). The van der Waals surface area contributed by atoms with E-state index >= 15 is 0 Å². The number of halogens is 1. The number of hydrogen-bond acceptors (Lipinski definition) is 7. The van der Waals surface area contributed by atoms with E-state index in [0.29, 0.717) is 22.9 Å². The lowest BCUT2D eigenvalue weighted by Gasteiger charge is -2.13. The maximum Gasteiger partial charge on any atom is 0.338 e. The summed E-state index contributed by atoms with van der Waals surface area (Å²) < 4.78 is 19.6. The number of nitrogens with one attached hydrogen (secondary N) is 1. The van der Waals surface area contributed by atoms with E-state index in [1.54, 1.807) is 32.0 Å². The van der Waals surface area contributed by atoms with Crippen molar-refractivity contribution in [3.8, 4) is 5.69 Å². The number of aromatic nitrogens is 2. The molecule has 1 heterocycles. The van der Waals surface area contributed by atoms with E-state index in [1.807, 2.05) is 0 Å². The Balaban J connectivity index is 1.68. The Labute approximate surface area is 182 Å². The molecule has 1 N–H and O–H groups in total. The first-order valence-electron chi connectivity index (χ1n) is 9.41. The van der Waals surface area contributed by atoms with Gasteiger partial charge in [-0.3, -0.25) is 14.9 Å². The topological polar surface area (TPSA) is 120 Å². The minimum atomic E-state index is -0.878. The monoisotopic (exact) mass is 441 g/mol. The third-order valence-corrected chi connectivity index (χ3v) is 4.39. The lowest BCUT2D eigenvalue weighted by molar-refractivity contribution is -0.384. The minimum Gasteiger partial charge on any atom is -0.452 e. The lowest BCUT2D eigenvalue weighted by atomic mass is 10.1. The minimum absolute atomic E-state index is 0.0534. The van der Waals surface area contributed by atoms with Crippen molar-refractivity contribution in [1.82, 2.24) is 9.78 Å². The second kappa shape index (κ2) is 9.25. The molecule has 0 saturated heterocycles. The van der Waals surface area contributed by atoms with Crippen LogP contribution < -0.4 is 10.2 Å². The SMILES string of the molecule is Cc1cc(NC(=O)COC(=O)c2ccc(N(C)C)c([N+](=O)[O-])c2)n(-c2ccc(F)cc2)n1. The van der Waals surface area contributed by atoms with Gasteiger partial charge in [-0.2, -0.15) is 5.10 Å². The second-order valence-corrected chi connectivity index (χ2v) is 7.04. The molecule has 1 aromatic heterocycles. The van der Waals surface area contributed by atoms with Gasteiger partial charge in [-0.05, 0) is 43.3 Å². The molecule has 0 aliphatic rings. The number of nitro groups is 1. The van der Waals surface area contributed by atoms with Crippen LogP contribution in [0.1, 0.15) is 16.1 Å². The number of ether oxygens (including phenoxy) is 1. The summed E-state index contributed by atoms with van der Waals surface area (Å²) in [6, 6.07) is 11.0. The predicted molar refractivity (Wildman–Crippen MR) is 115 cm³/mol. The van der Waals surface area contributed by atoms with Crippen molar-refractivity contribution in [2.45, 2.75) is 6.92 Å². The van der Waals surface area contributed by atoms with Crippen LogP contribution in [0.5, 0.6) is 0 Å². The van der Waals surface area contributed by atoms with Gasteiger partial charge in [0.25, 0.3) is 11.6 Å². The molecule has 11 heteroatoms. The number of rotatable bonds is 7. The van der Waals surface area contributed by atoms with Crippen molar-refractivity contribution in [2.24, 2.45) is 0 Å². The molecule has 0 saturated carbocycles. The van der Waals surface area contributed by atoms with Crippen LogP contribution in [0.2, 0.25) is 0 Å². The highest BCUT2D eigenvalue weighted by atomic mass is 19.1. The first kappa shape index (κ1) is 22.4. The standard InChI is InChI=1S/C21H20FN5O5/c1-13-10-19(26(24-13)16-7-5-15(22)6-8-16)23-20(28)12-32-21(29)14-4-9-17(25(2)3)18(11-14)27(30)31/h4-11H,12H2,1-3H3,(H,23,28). The average Bonchev–Trinajstić information content (AvgIpc) is 3.11. The number of aryl methyl sites for hydroxylation is 1. The zero-order valence-corrected chi connectivity index (χ0v) is 17.5. The quantitative estimate of drug-likeness (QED) is 0.340. The molecule has 3 aromatic rings. The number of carbonyl (C=O) groups is 2. The first-order chi connectivity index (χ1) is 15.2. The molecule has 10 nitrogen and oxygen atoms in total. The maximum absolute atomic E-state index is 13.2. The van der Waals surface area contributed by atoms with E-state index < -0.39 is 29.2 Å². The van der Waals surface area contributed by atoms with E-state index in [2.05, 4.69) is 10.4 Å². The summed E-state index contributed by atoms with van der Waals surface area (Å²) in [5, 5.41) is 18.1. The van der Waals surface area contributed by atoms with Crippen LogP contribution in [0.15, 0.2) is 48.5 Å². The van der Waals surface area contributed by atoms with Crippen LogP contribution in [0.25, 0.3) is 5.69 Å². The molecule has 0 bridgehead atoms. The third-order valence-electron chi connectivity index (χ3n) is 4.39. The summed E-state index contributed by atoms with van der Waals surface area (Å²) in [6.07, 6.45) is 0. The van der Waals surface area contributed by atoms with Gasteiger partial charge in [-0.1, -0.05) is 0 Å². The molecule has 0 spiro atoms. The van der Waals surface area contributed by atoms with Gasteiger partial charge in [0.2, 0.25) is 0 Å². The van der Waals surface area contributed by atoms with Crippen molar-refractivity contribution in [2.75, 3.05) is 30.9 Å². The van der Waals surface area contributed by atoms with E-state index in [-0.39, 0.29) is 11.3 Å². The van der Waals surface area contributed by atoms with Gasteiger partial charge >= 0.3 is 5.97 Å². The fourth-order valence-corrected chi connectivity index (χ4v) is 2.94. The molecule has 0 aliphatic heterocycles. The van der Waals surface area contributed by atoms with Crippen molar-refractivity contribution < 1.29 is 23.6 Å². The Morgan fingerprint density at radius 3 is 2.50 bits per heavy atom. The molecule has 32 heavy (non-hydrogen) atoms.